The molecule has 2 rings (SSSR count). The van der Waals surface area contributed by atoms with Gasteiger partial charge in [0.2, 0.25) is 5.91 Å². The fourth-order valence-corrected chi connectivity index (χ4v) is 2.29. The number of hydrogen-bond donors (Lipinski definition) is 2. The smallest absolute Gasteiger partial charge is 0.220 e. The number of aromatic amines is 1. The molecular weight excluding hydrogens is 234 g/mol. The van der Waals surface area contributed by atoms with E-state index in [0.717, 1.165) is 18.7 Å². The molecule has 5 heteroatoms. The van der Waals surface area contributed by atoms with E-state index in [1.807, 2.05) is 6.07 Å². The fraction of sp³-hybridized carbons (Fsp3) is 0.333. The van der Waals surface area contributed by atoms with Crippen molar-refractivity contribution in [3.05, 3.63) is 40.6 Å². The molecule has 0 spiro atoms. The lowest BCUT2D eigenvalue weighted by atomic mass is 10.2. The molecular formula is C12H15N3OS. The predicted molar refractivity (Wildman–Crippen MR) is 67.7 cm³/mol. The number of hydrogen-bond acceptors (Lipinski definition) is 3. The highest BCUT2D eigenvalue weighted by Gasteiger charge is 2.02. The SMILES string of the molecule is O=C(CCCc1cccs1)NCc1ncc[nH]1. The molecule has 4 nitrogen and oxygen atoms in total. The zero-order chi connectivity index (χ0) is 11.9. The molecule has 17 heavy (non-hydrogen) atoms. The summed E-state index contributed by atoms with van der Waals surface area (Å²) in [6, 6.07) is 4.14. The first-order valence-electron chi connectivity index (χ1n) is 5.62. The van der Waals surface area contributed by atoms with Crippen LogP contribution in [0.15, 0.2) is 29.9 Å². The predicted octanol–water partition coefficient (Wildman–Crippen LogP) is 2.11. The number of nitrogens with one attached hydrogen (secondary N) is 2. The van der Waals surface area contributed by atoms with Crippen molar-refractivity contribution in [3.63, 3.8) is 0 Å². The number of carbonyl (C=O) groups excluding carboxylic acids is 1. The quantitative estimate of drug-likeness (QED) is 0.823. The molecule has 2 aromatic rings. The van der Waals surface area contributed by atoms with Gasteiger partial charge in [-0.3, -0.25) is 4.79 Å². The van der Waals surface area contributed by atoms with Gasteiger partial charge in [0, 0.05) is 23.7 Å². The Morgan fingerprint density at radius 3 is 3.18 bits per heavy atom. The summed E-state index contributed by atoms with van der Waals surface area (Å²) < 4.78 is 0. The average Bonchev–Trinajstić information content (AvgIpc) is 2.99. The van der Waals surface area contributed by atoms with Crippen LogP contribution in [-0.4, -0.2) is 15.9 Å². The van der Waals surface area contributed by atoms with Gasteiger partial charge >= 0.3 is 0 Å². The molecule has 0 saturated carbocycles. The summed E-state index contributed by atoms with van der Waals surface area (Å²) in [5, 5.41) is 4.90. The van der Waals surface area contributed by atoms with Crippen molar-refractivity contribution in [1.82, 2.24) is 15.3 Å². The number of carbonyl (C=O) groups is 1. The van der Waals surface area contributed by atoms with E-state index >= 15 is 0 Å². The third kappa shape index (κ3) is 4.03. The zero-order valence-corrected chi connectivity index (χ0v) is 10.3. The first-order valence-corrected chi connectivity index (χ1v) is 6.50. The summed E-state index contributed by atoms with van der Waals surface area (Å²) in [5.41, 5.74) is 0. The largest absolute Gasteiger partial charge is 0.349 e. The average molecular weight is 249 g/mol. The van der Waals surface area contributed by atoms with Crippen molar-refractivity contribution in [2.45, 2.75) is 25.8 Å². The van der Waals surface area contributed by atoms with Crippen LogP contribution in [-0.2, 0) is 17.8 Å². The normalized spacial score (nSPS) is 10.4. The maximum absolute atomic E-state index is 11.5. The molecule has 0 aromatic carbocycles. The maximum Gasteiger partial charge on any atom is 0.220 e. The Balaban J connectivity index is 1.61. The summed E-state index contributed by atoms with van der Waals surface area (Å²) in [7, 11) is 0. The van der Waals surface area contributed by atoms with E-state index in [1.54, 1.807) is 23.7 Å². The van der Waals surface area contributed by atoms with Crippen molar-refractivity contribution in [3.8, 4) is 0 Å². The molecule has 0 radical (unpaired) electrons. The van der Waals surface area contributed by atoms with E-state index in [2.05, 4.69) is 26.7 Å². The standard InChI is InChI=1S/C12H15N3OS/c16-12(15-9-11-13-6-7-14-11)5-1-3-10-4-2-8-17-10/h2,4,6-8H,1,3,5,9H2,(H,13,14)(H,15,16). The van der Waals surface area contributed by atoms with Crippen LogP contribution in [0.4, 0.5) is 0 Å². The lowest BCUT2D eigenvalue weighted by Crippen LogP contribution is -2.23. The zero-order valence-electron chi connectivity index (χ0n) is 9.48. The van der Waals surface area contributed by atoms with Crippen LogP contribution in [0.5, 0.6) is 0 Å². The number of aromatic nitrogens is 2. The minimum absolute atomic E-state index is 0.0814. The van der Waals surface area contributed by atoms with Gasteiger partial charge in [-0.1, -0.05) is 6.07 Å². The Kier molecular flexibility index (Phi) is 4.32. The minimum Gasteiger partial charge on any atom is -0.349 e. The van der Waals surface area contributed by atoms with E-state index in [0.29, 0.717) is 13.0 Å². The monoisotopic (exact) mass is 249 g/mol. The summed E-state index contributed by atoms with van der Waals surface area (Å²) in [6.07, 6.45) is 5.87. The Morgan fingerprint density at radius 2 is 2.47 bits per heavy atom. The maximum atomic E-state index is 11.5. The molecule has 0 aliphatic carbocycles. The van der Waals surface area contributed by atoms with Crippen molar-refractivity contribution < 1.29 is 4.79 Å². The number of rotatable bonds is 6. The summed E-state index contributed by atoms with van der Waals surface area (Å²) in [6.45, 7) is 0.477. The van der Waals surface area contributed by atoms with Crippen LogP contribution >= 0.6 is 11.3 Å². The molecule has 0 saturated heterocycles. The lowest BCUT2D eigenvalue weighted by molar-refractivity contribution is -0.121. The van der Waals surface area contributed by atoms with E-state index in [9.17, 15) is 4.79 Å². The van der Waals surface area contributed by atoms with Crippen molar-refractivity contribution >= 4 is 17.2 Å². The topological polar surface area (TPSA) is 57.8 Å². The molecule has 2 aromatic heterocycles. The number of thiophene rings is 1. The van der Waals surface area contributed by atoms with Crippen molar-refractivity contribution in [2.75, 3.05) is 0 Å². The number of amides is 1. The Morgan fingerprint density at radius 1 is 1.53 bits per heavy atom. The first-order chi connectivity index (χ1) is 8.34. The molecule has 2 N–H and O–H groups in total. The molecule has 0 fully saturated rings. The number of imidazole rings is 1. The van der Waals surface area contributed by atoms with Crippen LogP contribution in [0.1, 0.15) is 23.5 Å². The van der Waals surface area contributed by atoms with Crippen LogP contribution in [0.2, 0.25) is 0 Å². The highest BCUT2D eigenvalue weighted by molar-refractivity contribution is 7.09. The third-order valence-corrected chi connectivity index (χ3v) is 3.35. The third-order valence-electron chi connectivity index (χ3n) is 2.41. The molecule has 2 heterocycles. The summed E-state index contributed by atoms with van der Waals surface area (Å²) in [4.78, 5) is 19.8. The Labute approximate surface area is 104 Å². The molecule has 0 aliphatic rings. The number of H-pyrrole nitrogens is 1. The Bertz CT molecular complexity index is 436. The highest BCUT2D eigenvalue weighted by Crippen LogP contribution is 2.11. The van der Waals surface area contributed by atoms with Gasteiger partial charge < -0.3 is 10.3 Å². The summed E-state index contributed by atoms with van der Waals surface area (Å²) >= 11 is 1.74. The molecule has 0 bridgehead atoms. The molecule has 0 atom stereocenters. The summed E-state index contributed by atoms with van der Waals surface area (Å²) in [5.74, 6) is 0.870. The van der Waals surface area contributed by atoms with Crippen LogP contribution < -0.4 is 5.32 Å². The van der Waals surface area contributed by atoms with E-state index < -0.39 is 0 Å². The van der Waals surface area contributed by atoms with Crippen LogP contribution in [0, 0.1) is 0 Å². The number of nitrogens with zero attached hydrogens (tertiary/aromatic N) is 1. The molecule has 1 amide bonds. The lowest BCUT2D eigenvalue weighted by Gasteiger charge is -2.02. The van der Waals surface area contributed by atoms with Gasteiger partial charge in [0.1, 0.15) is 5.82 Å². The van der Waals surface area contributed by atoms with Gasteiger partial charge in [-0.2, -0.15) is 0 Å². The fourth-order valence-electron chi connectivity index (χ4n) is 1.54. The van der Waals surface area contributed by atoms with Gasteiger partial charge in [-0.25, -0.2) is 4.98 Å². The Hall–Kier alpha value is -1.62. The van der Waals surface area contributed by atoms with Gasteiger partial charge in [-0.05, 0) is 24.3 Å². The molecule has 0 aliphatic heterocycles. The number of aryl methyl sites for hydroxylation is 1. The van der Waals surface area contributed by atoms with Gasteiger partial charge in [0.25, 0.3) is 0 Å². The van der Waals surface area contributed by atoms with E-state index in [4.69, 9.17) is 0 Å². The van der Waals surface area contributed by atoms with Crippen LogP contribution in [0.25, 0.3) is 0 Å². The molecule has 0 unspecified atom stereocenters. The van der Waals surface area contributed by atoms with Crippen LogP contribution in [0.3, 0.4) is 0 Å². The van der Waals surface area contributed by atoms with Gasteiger partial charge in [0.15, 0.2) is 0 Å². The first kappa shape index (κ1) is 11.9. The highest BCUT2D eigenvalue weighted by atomic mass is 32.1. The van der Waals surface area contributed by atoms with Crippen molar-refractivity contribution in [1.29, 1.82) is 0 Å². The minimum atomic E-state index is 0.0814. The second-order valence-corrected chi connectivity index (χ2v) is 4.78. The second kappa shape index (κ2) is 6.20. The van der Waals surface area contributed by atoms with E-state index in [1.165, 1.54) is 4.88 Å². The van der Waals surface area contributed by atoms with E-state index in [-0.39, 0.29) is 5.91 Å². The second-order valence-electron chi connectivity index (χ2n) is 3.75. The van der Waals surface area contributed by atoms with Gasteiger partial charge in [0.05, 0.1) is 6.54 Å². The molecule has 90 valence electrons. The van der Waals surface area contributed by atoms with Crippen molar-refractivity contribution in [2.24, 2.45) is 0 Å². The van der Waals surface area contributed by atoms with Gasteiger partial charge in [-0.15, -0.1) is 11.3 Å².